The van der Waals surface area contributed by atoms with E-state index in [1.807, 2.05) is 12.1 Å². The number of rotatable bonds is 5. The van der Waals surface area contributed by atoms with Crippen molar-refractivity contribution in [2.75, 3.05) is 26.2 Å². The van der Waals surface area contributed by atoms with Gasteiger partial charge in [-0.1, -0.05) is 0 Å². The van der Waals surface area contributed by atoms with E-state index in [-0.39, 0.29) is 5.91 Å². The highest BCUT2D eigenvalue weighted by atomic mass is 79.9. The minimum atomic E-state index is 0.0436. The molecule has 3 nitrogen and oxygen atoms in total. The van der Waals surface area contributed by atoms with Crippen LogP contribution in [-0.2, 0) is 0 Å². The van der Waals surface area contributed by atoms with Crippen molar-refractivity contribution >= 4 is 33.2 Å². The Labute approximate surface area is 114 Å². The van der Waals surface area contributed by atoms with Crippen molar-refractivity contribution in [2.45, 2.75) is 19.3 Å². The van der Waals surface area contributed by atoms with Gasteiger partial charge in [0.25, 0.3) is 5.91 Å². The molecule has 2 rings (SSSR count). The summed E-state index contributed by atoms with van der Waals surface area (Å²) in [5, 5.41) is 2.96. The fraction of sp³-hybridized carbons (Fsp3) is 0.583. The summed E-state index contributed by atoms with van der Waals surface area (Å²) in [6.07, 6.45) is 3.70. The minimum Gasteiger partial charge on any atom is -0.351 e. The van der Waals surface area contributed by atoms with Crippen molar-refractivity contribution in [3.63, 3.8) is 0 Å². The van der Waals surface area contributed by atoms with E-state index in [1.54, 1.807) is 0 Å². The molecule has 1 aromatic heterocycles. The molecule has 0 bridgehead atoms. The fourth-order valence-corrected chi connectivity index (χ4v) is 3.34. The summed E-state index contributed by atoms with van der Waals surface area (Å²) in [6.45, 7) is 4.33. The van der Waals surface area contributed by atoms with Crippen LogP contribution in [0.5, 0.6) is 0 Å². The number of nitrogens with zero attached hydrogens (tertiary/aromatic N) is 1. The molecule has 1 N–H and O–H groups in total. The van der Waals surface area contributed by atoms with Gasteiger partial charge in [0.2, 0.25) is 0 Å². The number of carbonyl (C=O) groups excluding carboxylic acids is 1. The van der Waals surface area contributed by atoms with Gasteiger partial charge in [0, 0.05) is 6.54 Å². The van der Waals surface area contributed by atoms with Gasteiger partial charge in [-0.15, -0.1) is 11.3 Å². The number of likely N-dealkylation sites (tertiary alicyclic amines) is 1. The zero-order valence-electron chi connectivity index (χ0n) is 9.75. The molecule has 0 saturated carbocycles. The van der Waals surface area contributed by atoms with Gasteiger partial charge in [0.1, 0.15) is 0 Å². The average molecular weight is 317 g/mol. The summed E-state index contributed by atoms with van der Waals surface area (Å²) in [5.41, 5.74) is 0. The first-order valence-corrected chi connectivity index (χ1v) is 7.62. The highest BCUT2D eigenvalue weighted by molar-refractivity contribution is 9.11. The second-order valence-corrected chi connectivity index (χ2v) is 6.72. The molecule has 1 aliphatic heterocycles. The van der Waals surface area contributed by atoms with Crippen molar-refractivity contribution in [1.29, 1.82) is 0 Å². The third-order valence-corrected chi connectivity index (χ3v) is 4.55. The molecule has 0 radical (unpaired) electrons. The molecule has 1 aliphatic rings. The minimum absolute atomic E-state index is 0.0436. The Hall–Kier alpha value is -0.390. The molecule has 94 valence electrons. The standard InChI is InChI=1S/C12H17BrN2OS/c13-11-5-4-10(17-11)12(16)14-6-3-9-15-7-1-2-8-15/h4-5H,1-3,6-9H2,(H,14,16). The Balaban J connectivity index is 1.63. The first kappa shape index (κ1) is 13.1. The summed E-state index contributed by atoms with van der Waals surface area (Å²) in [7, 11) is 0. The number of halogens is 1. The van der Waals surface area contributed by atoms with E-state index in [1.165, 1.54) is 37.3 Å². The predicted octanol–water partition coefficient (Wildman–Crippen LogP) is 2.73. The van der Waals surface area contributed by atoms with Gasteiger partial charge in [0.05, 0.1) is 8.66 Å². The molecule has 0 spiro atoms. The fourth-order valence-electron chi connectivity index (χ4n) is 2.03. The van der Waals surface area contributed by atoms with E-state index >= 15 is 0 Å². The van der Waals surface area contributed by atoms with Crippen molar-refractivity contribution in [3.05, 3.63) is 20.8 Å². The molecule has 1 aromatic rings. The van der Waals surface area contributed by atoms with Gasteiger partial charge in [-0.25, -0.2) is 0 Å². The molecular weight excluding hydrogens is 300 g/mol. The maximum absolute atomic E-state index is 11.7. The van der Waals surface area contributed by atoms with Crippen LogP contribution in [0.15, 0.2) is 15.9 Å². The average Bonchev–Trinajstić information content (AvgIpc) is 2.95. The Bertz CT molecular complexity index is 374. The van der Waals surface area contributed by atoms with Gasteiger partial charge in [-0.05, 0) is 67.0 Å². The first-order chi connectivity index (χ1) is 8.25. The Morgan fingerprint density at radius 1 is 1.41 bits per heavy atom. The molecule has 0 atom stereocenters. The van der Waals surface area contributed by atoms with Crippen molar-refractivity contribution in [1.82, 2.24) is 10.2 Å². The first-order valence-electron chi connectivity index (χ1n) is 6.01. The Kier molecular flexibility index (Phi) is 5.00. The van der Waals surface area contributed by atoms with Crippen LogP contribution in [0.4, 0.5) is 0 Å². The number of carbonyl (C=O) groups is 1. The maximum atomic E-state index is 11.7. The maximum Gasteiger partial charge on any atom is 0.261 e. The molecule has 0 aliphatic carbocycles. The number of hydrogen-bond acceptors (Lipinski definition) is 3. The van der Waals surface area contributed by atoms with Crippen molar-refractivity contribution in [2.24, 2.45) is 0 Å². The molecule has 17 heavy (non-hydrogen) atoms. The Morgan fingerprint density at radius 3 is 2.82 bits per heavy atom. The van der Waals surface area contributed by atoms with Gasteiger partial charge >= 0.3 is 0 Å². The van der Waals surface area contributed by atoms with Crippen molar-refractivity contribution in [3.8, 4) is 0 Å². The number of amides is 1. The van der Waals surface area contributed by atoms with Gasteiger partial charge < -0.3 is 10.2 Å². The monoisotopic (exact) mass is 316 g/mol. The summed E-state index contributed by atoms with van der Waals surface area (Å²) >= 11 is 4.83. The largest absolute Gasteiger partial charge is 0.351 e. The number of hydrogen-bond donors (Lipinski definition) is 1. The zero-order chi connectivity index (χ0) is 12.1. The zero-order valence-corrected chi connectivity index (χ0v) is 12.1. The van der Waals surface area contributed by atoms with Gasteiger partial charge in [-0.2, -0.15) is 0 Å². The second-order valence-electron chi connectivity index (χ2n) is 4.26. The van der Waals surface area contributed by atoms with E-state index in [4.69, 9.17) is 0 Å². The van der Waals surface area contributed by atoms with Crippen LogP contribution in [0.1, 0.15) is 28.9 Å². The number of thiophene rings is 1. The lowest BCUT2D eigenvalue weighted by Gasteiger charge is -2.14. The summed E-state index contributed by atoms with van der Waals surface area (Å²) in [4.78, 5) is 15.0. The van der Waals surface area contributed by atoms with E-state index in [0.29, 0.717) is 0 Å². The molecule has 0 aromatic carbocycles. The summed E-state index contributed by atoms with van der Waals surface area (Å²) in [6, 6.07) is 3.76. The highest BCUT2D eigenvalue weighted by Gasteiger charge is 2.11. The predicted molar refractivity (Wildman–Crippen MR) is 74.6 cm³/mol. The van der Waals surface area contributed by atoms with E-state index in [2.05, 4.69) is 26.1 Å². The van der Waals surface area contributed by atoms with Crippen LogP contribution in [-0.4, -0.2) is 37.0 Å². The lowest BCUT2D eigenvalue weighted by atomic mass is 10.3. The topological polar surface area (TPSA) is 32.3 Å². The van der Waals surface area contributed by atoms with E-state index in [9.17, 15) is 4.79 Å². The molecular formula is C12H17BrN2OS. The SMILES string of the molecule is O=C(NCCCN1CCCC1)c1ccc(Br)s1. The lowest BCUT2D eigenvalue weighted by molar-refractivity contribution is 0.0956. The van der Waals surface area contributed by atoms with Crippen LogP contribution in [0.3, 0.4) is 0 Å². The number of nitrogens with one attached hydrogen (secondary N) is 1. The van der Waals surface area contributed by atoms with Gasteiger partial charge in [-0.3, -0.25) is 4.79 Å². The molecule has 2 heterocycles. The van der Waals surface area contributed by atoms with Crippen LogP contribution in [0.25, 0.3) is 0 Å². The quantitative estimate of drug-likeness (QED) is 0.847. The van der Waals surface area contributed by atoms with E-state index < -0.39 is 0 Å². The van der Waals surface area contributed by atoms with Crippen molar-refractivity contribution < 1.29 is 4.79 Å². The molecule has 1 saturated heterocycles. The highest BCUT2D eigenvalue weighted by Crippen LogP contribution is 2.21. The third-order valence-electron chi connectivity index (χ3n) is 2.93. The molecule has 1 fully saturated rings. The normalized spacial score (nSPS) is 16.3. The van der Waals surface area contributed by atoms with Crippen LogP contribution < -0.4 is 5.32 Å². The van der Waals surface area contributed by atoms with Crippen LogP contribution in [0, 0.1) is 0 Å². The lowest BCUT2D eigenvalue weighted by Crippen LogP contribution is -2.28. The molecule has 5 heteroatoms. The molecule has 0 unspecified atom stereocenters. The third kappa shape index (κ3) is 4.08. The summed E-state index contributed by atoms with van der Waals surface area (Å²) in [5.74, 6) is 0.0436. The van der Waals surface area contributed by atoms with E-state index in [0.717, 1.165) is 28.2 Å². The summed E-state index contributed by atoms with van der Waals surface area (Å²) < 4.78 is 1.000. The smallest absolute Gasteiger partial charge is 0.261 e. The van der Waals surface area contributed by atoms with Crippen LogP contribution in [0.2, 0.25) is 0 Å². The molecule has 1 amide bonds. The van der Waals surface area contributed by atoms with Gasteiger partial charge in [0.15, 0.2) is 0 Å². The second kappa shape index (κ2) is 6.52. The Morgan fingerprint density at radius 2 is 2.18 bits per heavy atom. The van der Waals surface area contributed by atoms with Crippen LogP contribution >= 0.6 is 27.3 Å².